The lowest BCUT2D eigenvalue weighted by atomic mass is 10.5. The molecular weight excluding hydrogens is 180 g/mol. The summed E-state index contributed by atoms with van der Waals surface area (Å²) in [4.78, 5) is 15.3. The molecule has 0 bridgehead atoms. The van der Waals surface area contributed by atoms with Crippen LogP contribution in [0.1, 0.15) is 12.7 Å². The van der Waals surface area contributed by atoms with E-state index in [9.17, 15) is 4.79 Å². The molecule has 0 saturated carbocycles. The number of nitrogens with one attached hydrogen (secondary N) is 2. The fourth-order valence-electron chi connectivity index (χ4n) is 1.12. The van der Waals surface area contributed by atoms with Crippen molar-refractivity contribution in [3.05, 3.63) is 18.2 Å². The minimum Gasteiger partial charge on any atom is -0.358 e. The van der Waals surface area contributed by atoms with Gasteiger partial charge in [-0.1, -0.05) is 6.92 Å². The zero-order valence-electron chi connectivity index (χ0n) is 8.58. The first-order valence-electron chi connectivity index (χ1n) is 4.69. The highest BCUT2D eigenvalue weighted by Gasteiger charge is 2.04. The molecular formula is C9H16N4O. The average Bonchev–Trinajstić information content (AvgIpc) is 2.62. The standard InChI is InChI=1S/C9H16N4O/c1-3-11-6-8-12-4-5-13(8)7-9(14)10-2/h4-5,11H,3,6-7H2,1-2H3,(H,10,14). The lowest BCUT2D eigenvalue weighted by Crippen LogP contribution is -2.25. The first kappa shape index (κ1) is 10.7. The predicted molar refractivity (Wildman–Crippen MR) is 53.7 cm³/mol. The van der Waals surface area contributed by atoms with E-state index in [0.717, 1.165) is 12.4 Å². The molecule has 1 aromatic heterocycles. The summed E-state index contributed by atoms with van der Waals surface area (Å²) in [5.74, 6) is 0.871. The minimum atomic E-state index is -0.0132. The maximum atomic E-state index is 11.1. The Labute approximate surface area is 83.5 Å². The van der Waals surface area contributed by atoms with Gasteiger partial charge in [0.25, 0.3) is 0 Å². The van der Waals surface area contributed by atoms with Gasteiger partial charge in [-0.25, -0.2) is 4.98 Å². The van der Waals surface area contributed by atoms with Crippen molar-refractivity contribution in [3.63, 3.8) is 0 Å². The fraction of sp³-hybridized carbons (Fsp3) is 0.556. The molecule has 0 saturated heterocycles. The molecule has 0 spiro atoms. The topological polar surface area (TPSA) is 59.0 Å². The Bertz CT molecular complexity index is 295. The molecule has 14 heavy (non-hydrogen) atoms. The Morgan fingerprint density at radius 1 is 1.64 bits per heavy atom. The van der Waals surface area contributed by atoms with Gasteiger partial charge in [0.05, 0.1) is 6.54 Å². The summed E-state index contributed by atoms with van der Waals surface area (Å²) in [5.41, 5.74) is 0. The van der Waals surface area contributed by atoms with E-state index in [0.29, 0.717) is 13.1 Å². The van der Waals surface area contributed by atoms with Crippen LogP contribution in [0.5, 0.6) is 0 Å². The number of amides is 1. The molecule has 1 rings (SSSR count). The smallest absolute Gasteiger partial charge is 0.239 e. The number of hydrogen-bond donors (Lipinski definition) is 2. The molecule has 0 aromatic carbocycles. The van der Waals surface area contributed by atoms with Crippen LogP contribution in [0.25, 0.3) is 0 Å². The number of nitrogens with zero attached hydrogens (tertiary/aromatic N) is 2. The Morgan fingerprint density at radius 2 is 2.43 bits per heavy atom. The predicted octanol–water partition coefficient (Wildman–Crippen LogP) is -0.261. The monoisotopic (exact) mass is 196 g/mol. The lowest BCUT2D eigenvalue weighted by Gasteiger charge is -2.06. The molecule has 0 aliphatic heterocycles. The van der Waals surface area contributed by atoms with E-state index in [1.165, 1.54) is 0 Å². The van der Waals surface area contributed by atoms with Crippen LogP contribution < -0.4 is 10.6 Å². The van der Waals surface area contributed by atoms with Gasteiger partial charge in [-0.05, 0) is 6.54 Å². The molecule has 0 radical (unpaired) electrons. The third kappa shape index (κ3) is 2.85. The molecule has 1 aromatic rings. The average molecular weight is 196 g/mol. The highest BCUT2D eigenvalue weighted by molar-refractivity contribution is 5.75. The van der Waals surface area contributed by atoms with Crippen molar-refractivity contribution >= 4 is 5.91 Å². The third-order valence-electron chi connectivity index (χ3n) is 1.93. The van der Waals surface area contributed by atoms with Crippen molar-refractivity contribution in [2.24, 2.45) is 0 Å². The van der Waals surface area contributed by atoms with Gasteiger partial charge in [0, 0.05) is 19.4 Å². The molecule has 0 atom stereocenters. The van der Waals surface area contributed by atoms with Crippen molar-refractivity contribution in [1.29, 1.82) is 0 Å². The summed E-state index contributed by atoms with van der Waals surface area (Å²) in [6.07, 6.45) is 3.51. The number of likely N-dealkylation sites (N-methyl/N-ethyl adjacent to an activating group) is 1. The number of hydrogen-bond acceptors (Lipinski definition) is 3. The maximum Gasteiger partial charge on any atom is 0.239 e. The zero-order chi connectivity index (χ0) is 10.4. The third-order valence-corrected chi connectivity index (χ3v) is 1.93. The summed E-state index contributed by atoms with van der Waals surface area (Å²) in [5, 5.41) is 5.75. The van der Waals surface area contributed by atoms with E-state index >= 15 is 0 Å². The Kier molecular flexibility index (Phi) is 4.12. The molecule has 5 nitrogen and oxygen atoms in total. The van der Waals surface area contributed by atoms with Crippen LogP contribution in [-0.2, 0) is 17.9 Å². The van der Waals surface area contributed by atoms with Crippen molar-refractivity contribution in [1.82, 2.24) is 20.2 Å². The number of imidazole rings is 1. The molecule has 1 amide bonds. The molecule has 0 unspecified atom stereocenters. The van der Waals surface area contributed by atoms with Gasteiger partial charge in [0.15, 0.2) is 0 Å². The quantitative estimate of drug-likeness (QED) is 0.682. The summed E-state index contributed by atoms with van der Waals surface area (Å²) < 4.78 is 1.83. The lowest BCUT2D eigenvalue weighted by molar-refractivity contribution is -0.121. The molecule has 0 aliphatic rings. The summed E-state index contributed by atoms with van der Waals surface area (Å²) in [6, 6.07) is 0. The highest BCUT2D eigenvalue weighted by atomic mass is 16.1. The van der Waals surface area contributed by atoms with Gasteiger partial charge in [-0.2, -0.15) is 0 Å². The Morgan fingerprint density at radius 3 is 3.07 bits per heavy atom. The zero-order valence-corrected chi connectivity index (χ0v) is 8.58. The second-order valence-corrected chi connectivity index (χ2v) is 2.92. The van der Waals surface area contributed by atoms with Crippen LogP contribution in [0.4, 0.5) is 0 Å². The molecule has 5 heteroatoms. The minimum absolute atomic E-state index is 0.0132. The van der Waals surface area contributed by atoms with E-state index in [1.54, 1.807) is 13.2 Å². The number of rotatable bonds is 5. The molecule has 2 N–H and O–H groups in total. The molecule has 0 aliphatic carbocycles. The second kappa shape index (κ2) is 5.39. The SMILES string of the molecule is CCNCc1nccn1CC(=O)NC. The first-order valence-corrected chi connectivity index (χ1v) is 4.69. The van der Waals surface area contributed by atoms with Gasteiger partial charge in [-0.15, -0.1) is 0 Å². The van der Waals surface area contributed by atoms with E-state index in [1.807, 2.05) is 17.7 Å². The van der Waals surface area contributed by atoms with E-state index in [-0.39, 0.29) is 5.91 Å². The summed E-state index contributed by atoms with van der Waals surface area (Å²) in [7, 11) is 1.63. The summed E-state index contributed by atoms with van der Waals surface area (Å²) in [6.45, 7) is 3.95. The van der Waals surface area contributed by atoms with E-state index in [2.05, 4.69) is 15.6 Å². The second-order valence-electron chi connectivity index (χ2n) is 2.92. The van der Waals surface area contributed by atoms with Crippen molar-refractivity contribution in [2.45, 2.75) is 20.0 Å². The van der Waals surface area contributed by atoms with Gasteiger partial charge >= 0.3 is 0 Å². The maximum absolute atomic E-state index is 11.1. The number of carbonyl (C=O) groups excluding carboxylic acids is 1. The number of carbonyl (C=O) groups is 1. The van der Waals surface area contributed by atoms with Gasteiger partial charge < -0.3 is 15.2 Å². The molecule has 1 heterocycles. The Hall–Kier alpha value is -1.36. The van der Waals surface area contributed by atoms with Crippen LogP contribution in [-0.4, -0.2) is 29.1 Å². The van der Waals surface area contributed by atoms with Crippen molar-refractivity contribution in [2.75, 3.05) is 13.6 Å². The van der Waals surface area contributed by atoms with Gasteiger partial charge in [0.1, 0.15) is 12.4 Å². The molecule has 78 valence electrons. The van der Waals surface area contributed by atoms with Crippen molar-refractivity contribution in [3.8, 4) is 0 Å². The van der Waals surface area contributed by atoms with Crippen molar-refractivity contribution < 1.29 is 4.79 Å². The van der Waals surface area contributed by atoms with Gasteiger partial charge in [-0.3, -0.25) is 4.79 Å². The first-order chi connectivity index (χ1) is 6.77. The van der Waals surface area contributed by atoms with Gasteiger partial charge in [0.2, 0.25) is 5.91 Å². The largest absolute Gasteiger partial charge is 0.358 e. The van der Waals surface area contributed by atoms with Crippen LogP contribution in [0.3, 0.4) is 0 Å². The normalized spacial score (nSPS) is 10.1. The van der Waals surface area contributed by atoms with E-state index < -0.39 is 0 Å². The van der Waals surface area contributed by atoms with Crippen LogP contribution in [0.2, 0.25) is 0 Å². The Balaban J connectivity index is 2.57. The van der Waals surface area contributed by atoms with Crippen LogP contribution in [0, 0.1) is 0 Å². The van der Waals surface area contributed by atoms with E-state index in [4.69, 9.17) is 0 Å². The number of aromatic nitrogens is 2. The van der Waals surface area contributed by atoms with Crippen LogP contribution in [0.15, 0.2) is 12.4 Å². The summed E-state index contributed by atoms with van der Waals surface area (Å²) >= 11 is 0. The van der Waals surface area contributed by atoms with Crippen LogP contribution >= 0.6 is 0 Å². The fourth-order valence-corrected chi connectivity index (χ4v) is 1.12. The molecule has 0 fully saturated rings. The highest BCUT2D eigenvalue weighted by Crippen LogP contribution is 1.96.